The fraction of sp³-hybridized carbons (Fsp3) is 0.417. The summed E-state index contributed by atoms with van der Waals surface area (Å²) in [5.41, 5.74) is 3.36. The molecule has 2 saturated carbocycles. The van der Waals surface area contributed by atoms with Crippen molar-refractivity contribution in [1.29, 1.82) is 0 Å². The Hall–Kier alpha value is -2.68. The first kappa shape index (κ1) is 23.1. The maximum atomic E-state index is 15.0. The fourth-order valence-corrected chi connectivity index (χ4v) is 5.94. The van der Waals surface area contributed by atoms with Crippen LogP contribution in [0, 0.1) is 23.5 Å². The third-order valence-electron chi connectivity index (χ3n) is 7.38. The lowest BCUT2D eigenvalue weighted by molar-refractivity contribution is -0.137. The molecule has 1 aliphatic heterocycles. The Morgan fingerprint density at radius 2 is 1.82 bits per heavy atom. The fourth-order valence-electron chi connectivity index (χ4n) is 5.79. The number of hydrogen-bond donors (Lipinski definition) is 1. The van der Waals surface area contributed by atoms with Gasteiger partial charge in [0.15, 0.2) is 0 Å². The average Bonchev–Trinajstić information content (AvgIpc) is 3.69. The van der Waals surface area contributed by atoms with Crippen LogP contribution in [0.2, 0.25) is 5.02 Å². The summed E-state index contributed by atoms with van der Waals surface area (Å²) < 4.78 is 69.2. The van der Waals surface area contributed by atoms with E-state index in [9.17, 15) is 27.2 Å². The zero-order valence-electron chi connectivity index (χ0n) is 17.7. The Labute approximate surface area is 196 Å². The number of fused-ring (bicyclic) bond motifs is 1. The van der Waals surface area contributed by atoms with E-state index < -0.39 is 52.7 Å². The first-order valence-electron chi connectivity index (χ1n) is 10.9. The lowest BCUT2D eigenvalue weighted by Gasteiger charge is -2.39. The van der Waals surface area contributed by atoms with Crippen LogP contribution in [0.3, 0.4) is 0 Å². The van der Waals surface area contributed by atoms with Crippen LogP contribution < -0.4 is 5.73 Å². The maximum absolute atomic E-state index is 15.0. The molecule has 2 amide bonds. The third kappa shape index (κ3) is 3.56. The van der Waals surface area contributed by atoms with E-state index in [1.807, 2.05) is 0 Å². The van der Waals surface area contributed by atoms with Gasteiger partial charge in [0.05, 0.1) is 16.1 Å². The van der Waals surface area contributed by atoms with Crippen molar-refractivity contribution in [2.45, 2.75) is 49.4 Å². The van der Waals surface area contributed by atoms with E-state index in [0.717, 1.165) is 43.2 Å². The number of rotatable bonds is 5. The van der Waals surface area contributed by atoms with Gasteiger partial charge in [-0.05, 0) is 73.4 Å². The number of carbonyl (C=O) groups is 2. The summed E-state index contributed by atoms with van der Waals surface area (Å²) in [6.07, 6.45) is -2.58. The summed E-state index contributed by atoms with van der Waals surface area (Å²) >= 11 is 5.73. The minimum absolute atomic E-state index is 0.0545. The van der Waals surface area contributed by atoms with E-state index >= 15 is 4.39 Å². The summed E-state index contributed by atoms with van der Waals surface area (Å²) in [6, 6.07) is 4.80. The molecule has 3 unspecified atom stereocenters. The van der Waals surface area contributed by atoms with E-state index in [1.165, 1.54) is 11.0 Å². The number of primary amides is 1. The third-order valence-corrected chi connectivity index (χ3v) is 7.67. The minimum atomic E-state index is -4.66. The van der Waals surface area contributed by atoms with Crippen LogP contribution in [0.4, 0.5) is 22.0 Å². The second-order valence-electron chi connectivity index (χ2n) is 9.40. The number of nitrogens with two attached hydrogens (primary N) is 1. The van der Waals surface area contributed by atoms with Gasteiger partial charge in [-0.15, -0.1) is 0 Å². The van der Waals surface area contributed by atoms with Crippen molar-refractivity contribution in [2.24, 2.45) is 17.6 Å². The molecule has 0 bridgehead atoms. The van der Waals surface area contributed by atoms with Gasteiger partial charge >= 0.3 is 6.18 Å². The molecule has 0 aromatic heterocycles. The Balaban J connectivity index is 1.61. The van der Waals surface area contributed by atoms with Gasteiger partial charge in [0, 0.05) is 11.5 Å². The van der Waals surface area contributed by atoms with Crippen LogP contribution in [-0.4, -0.2) is 28.3 Å². The molecule has 5 rings (SSSR count). The van der Waals surface area contributed by atoms with Crippen LogP contribution in [0.5, 0.6) is 0 Å². The van der Waals surface area contributed by atoms with E-state index in [4.69, 9.17) is 17.3 Å². The van der Waals surface area contributed by atoms with E-state index in [2.05, 4.69) is 0 Å². The highest BCUT2D eigenvalue weighted by Gasteiger charge is 2.73. The zero-order chi connectivity index (χ0) is 24.6. The quantitative estimate of drug-likeness (QED) is 0.450. The van der Waals surface area contributed by atoms with Gasteiger partial charge in [-0.25, -0.2) is 8.78 Å². The summed E-state index contributed by atoms with van der Waals surface area (Å²) in [5, 5.41) is -0.376. The molecule has 4 atom stereocenters. The molecule has 2 aliphatic carbocycles. The van der Waals surface area contributed by atoms with Gasteiger partial charge in [-0.2, -0.15) is 13.2 Å². The molecule has 10 heteroatoms. The number of amides is 2. The Bertz CT molecular complexity index is 1200. The van der Waals surface area contributed by atoms with Gasteiger partial charge in [0.1, 0.15) is 17.7 Å². The molecule has 1 saturated heterocycles. The van der Waals surface area contributed by atoms with Crippen LogP contribution in [0.1, 0.15) is 53.1 Å². The molecule has 0 radical (unpaired) electrons. The van der Waals surface area contributed by atoms with Crippen molar-refractivity contribution in [3.8, 4) is 0 Å². The van der Waals surface area contributed by atoms with Crippen molar-refractivity contribution in [1.82, 2.24) is 4.90 Å². The molecule has 3 aliphatic rings. The molecule has 0 spiro atoms. The van der Waals surface area contributed by atoms with Crippen LogP contribution in [0.15, 0.2) is 36.4 Å². The molecule has 2 aromatic rings. The molecular formula is C24H20ClF5N2O2. The Kier molecular flexibility index (Phi) is 5.20. The highest BCUT2D eigenvalue weighted by molar-refractivity contribution is 6.30. The lowest BCUT2D eigenvalue weighted by Crippen LogP contribution is -2.53. The summed E-state index contributed by atoms with van der Waals surface area (Å²) in [4.78, 5) is 27.2. The summed E-state index contributed by atoms with van der Waals surface area (Å²) in [5.74, 6) is -4.01. The number of alkyl halides is 3. The van der Waals surface area contributed by atoms with Gasteiger partial charge in [-0.1, -0.05) is 17.7 Å². The van der Waals surface area contributed by atoms with Crippen molar-refractivity contribution in [2.75, 3.05) is 0 Å². The van der Waals surface area contributed by atoms with Gasteiger partial charge in [0.2, 0.25) is 5.91 Å². The molecule has 3 fully saturated rings. The highest BCUT2D eigenvalue weighted by Crippen LogP contribution is 2.69. The van der Waals surface area contributed by atoms with Gasteiger partial charge in [0.25, 0.3) is 5.91 Å². The van der Waals surface area contributed by atoms with E-state index in [-0.39, 0.29) is 34.4 Å². The monoisotopic (exact) mass is 498 g/mol. The maximum Gasteiger partial charge on any atom is 0.416 e. The van der Waals surface area contributed by atoms with Gasteiger partial charge < -0.3 is 10.6 Å². The smallest absolute Gasteiger partial charge is 0.368 e. The average molecular weight is 499 g/mol. The second-order valence-corrected chi connectivity index (χ2v) is 9.81. The number of carbonyl (C=O) groups excluding carboxylic acids is 2. The predicted molar refractivity (Wildman–Crippen MR) is 113 cm³/mol. The first-order valence-corrected chi connectivity index (χ1v) is 11.3. The van der Waals surface area contributed by atoms with Crippen molar-refractivity contribution in [3.63, 3.8) is 0 Å². The number of benzene rings is 2. The van der Waals surface area contributed by atoms with E-state index in [0.29, 0.717) is 6.42 Å². The largest absolute Gasteiger partial charge is 0.416 e. The Morgan fingerprint density at radius 3 is 2.44 bits per heavy atom. The van der Waals surface area contributed by atoms with Crippen LogP contribution >= 0.6 is 11.6 Å². The zero-order valence-corrected chi connectivity index (χ0v) is 18.5. The molecule has 2 aromatic carbocycles. The van der Waals surface area contributed by atoms with Crippen LogP contribution in [0.25, 0.3) is 0 Å². The number of piperidine rings is 1. The Morgan fingerprint density at radius 1 is 1.12 bits per heavy atom. The first-order chi connectivity index (χ1) is 15.9. The summed E-state index contributed by atoms with van der Waals surface area (Å²) in [6.45, 7) is 0. The number of likely N-dealkylation sites (tertiary alicyclic amines) is 1. The molecule has 4 nitrogen and oxygen atoms in total. The summed E-state index contributed by atoms with van der Waals surface area (Å²) in [7, 11) is 0. The van der Waals surface area contributed by atoms with Crippen molar-refractivity contribution in [3.05, 3.63) is 69.7 Å². The molecule has 34 heavy (non-hydrogen) atoms. The molecule has 1 heterocycles. The lowest BCUT2D eigenvalue weighted by atomic mass is 9.82. The number of halogens is 6. The van der Waals surface area contributed by atoms with E-state index in [1.54, 1.807) is 0 Å². The standard InChI is InChI=1S/C24H20ClF5N2O2/c25-16-9-17(26)15(8-18(16)27)20(11-4-5-11)23-10-14(23)7-19(21(31)33)32(23)22(34)12-2-1-3-13(6-12)24(28,29)30/h1-3,6,8-9,11,14,19-20H,4-5,7,10H2,(H2,31,33)/t14?,19?,20-,23?/m1/s1. The van der Waals surface area contributed by atoms with Crippen molar-refractivity contribution >= 4 is 23.4 Å². The van der Waals surface area contributed by atoms with Gasteiger partial charge in [-0.3, -0.25) is 9.59 Å². The van der Waals surface area contributed by atoms with Crippen LogP contribution in [-0.2, 0) is 11.0 Å². The highest BCUT2D eigenvalue weighted by atomic mass is 35.5. The molecule has 180 valence electrons. The normalized spacial score (nSPS) is 26.8. The second kappa shape index (κ2) is 7.66. The predicted octanol–water partition coefficient (Wildman–Crippen LogP) is 5.29. The van der Waals surface area contributed by atoms with Crippen molar-refractivity contribution < 1.29 is 31.5 Å². The molecule has 2 N–H and O–H groups in total. The number of hydrogen-bond acceptors (Lipinski definition) is 2. The molecular weight excluding hydrogens is 479 g/mol. The topological polar surface area (TPSA) is 63.4 Å². The SMILES string of the molecule is NC(=O)C1CC2CC2([C@@H](c2cc(F)c(Cl)cc2F)C2CC2)N1C(=O)c1cccc(C(F)(F)F)c1. The minimum Gasteiger partial charge on any atom is -0.368 e. The number of nitrogens with zero attached hydrogens (tertiary/aromatic N) is 1.